The van der Waals surface area contributed by atoms with Crippen LogP contribution in [0.1, 0.15) is 53.7 Å². The summed E-state index contributed by atoms with van der Waals surface area (Å²) in [6, 6.07) is 13.3. The molecule has 4 rings (SSSR count). The first-order chi connectivity index (χ1) is 18.7. The highest BCUT2D eigenvalue weighted by molar-refractivity contribution is 7.80. The highest BCUT2D eigenvalue weighted by Crippen LogP contribution is 2.34. The van der Waals surface area contributed by atoms with Gasteiger partial charge in [0.1, 0.15) is 12.2 Å². The molecule has 1 amide bonds. The van der Waals surface area contributed by atoms with Gasteiger partial charge in [-0.25, -0.2) is 13.8 Å². The minimum atomic E-state index is -2.97. The number of para-hydroxylation sites is 1. The smallest absolute Gasteiger partial charge is 0.325 e. The number of esters is 1. The third kappa shape index (κ3) is 7.36. The van der Waals surface area contributed by atoms with Crippen molar-refractivity contribution in [3.63, 3.8) is 0 Å². The summed E-state index contributed by atoms with van der Waals surface area (Å²) < 4.78 is 32.7. The molecule has 0 atom stereocenters. The van der Waals surface area contributed by atoms with E-state index in [1.54, 1.807) is 48.7 Å². The molecule has 1 aliphatic heterocycles. The molecule has 11 heteroatoms. The molecule has 0 unspecified atom stereocenters. The van der Waals surface area contributed by atoms with Crippen LogP contribution in [0.15, 0.2) is 53.9 Å². The summed E-state index contributed by atoms with van der Waals surface area (Å²) in [7, 11) is 0. The Labute approximate surface area is 235 Å². The fourth-order valence-electron chi connectivity index (χ4n) is 4.37. The summed E-state index contributed by atoms with van der Waals surface area (Å²) in [4.78, 5) is 31.3. The van der Waals surface area contributed by atoms with Gasteiger partial charge in [0.05, 0.1) is 11.6 Å². The Hall–Kier alpha value is -3.44. The van der Waals surface area contributed by atoms with Crippen molar-refractivity contribution >= 4 is 46.2 Å². The van der Waals surface area contributed by atoms with Crippen molar-refractivity contribution in [2.45, 2.75) is 38.5 Å². The molecule has 7 nitrogen and oxygen atoms in total. The van der Waals surface area contributed by atoms with Crippen LogP contribution in [0.2, 0.25) is 0 Å². The van der Waals surface area contributed by atoms with E-state index in [1.165, 1.54) is 23.5 Å². The number of carbonyl (C=O) groups is 2. The zero-order valence-corrected chi connectivity index (χ0v) is 23.3. The molecule has 2 aromatic carbocycles. The van der Waals surface area contributed by atoms with Crippen LogP contribution in [-0.4, -0.2) is 53.1 Å². The van der Waals surface area contributed by atoms with Gasteiger partial charge in [-0.1, -0.05) is 36.4 Å². The number of nitrogens with one attached hydrogen (secondary N) is 2. The van der Waals surface area contributed by atoms with E-state index >= 15 is 0 Å². The maximum Gasteiger partial charge on any atom is 0.325 e. The molecule has 206 valence electrons. The van der Waals surface area contributed by atoms with Crippen molar-refractivity contribution < 1.29 is 23.1 Å². The lowest BCUT2D eigenvalue weighted by atomic mass is 9.98. The van der Waals surface area contributed by atoms with E-state index < -0.39 is 5.92 Å². The molecule has 3 aromatic rings. The lowest BCUT2D eigenvalue weighted by molar-refractivity contribution is -0.141. The Kier molecular flexibility index (Phi) is 9.24. The number of halogens is 2. The summed E-state index contributed by atoms with van der Waals surface area (Å²) in [6.07, 6.45) is 1.63. The zero-order chi connectivity index (χ0) is 28.0. The Morgan fingerprint density at radius 2 is 1.92 bits per heavy atom. The Morgan fingerprint density at radius 3 is 2.64 bits per heavy atom. The van der Waals surface area contributed by atoms with Gasteiger partial charge in [0, 0.05) is 48.1 Å². The number of thiazole rings is 1. The summed E-state index contributed by atoms with van der Waals surface area (Å²) in [5.74, 6) is -3.47. The van der Waals surface area contributed by atoms with Crippen LogP contribution in [0.5, 0.6) is 0 Å². The summed E-state index contributed by atoms with van der Waals surface area (Å²) in [5.41, 5.74) is 1.97. The van der Waals surface area contributed by atoms with Crippen LogP contribution >= 0.6 is 23.6 Å². The first kappa shape index (κ1) is 28.6. The molecular weight excluding hydrogens is 542 g/mol. The molecule has 0 aliphatic carbocycles. The van der Waals surface area contributed by atoms with Crippen molar-refractivity contribution in [2.24, 2.45) is 0 Å². The first-order valence-electron chi connectivity index (χ1n) is 12.7. The molecule has 1 saturated heterocycles. The summed E-state index contributed by atoms with van der Waals surface area (Å²) >= 11 is 6.85. The number of hydrogen-bond acceptors (Lipinski definition) is 6. The molecule has 39 heavy (non-hydrogen) atoms. The lowest BCUT2D eigenvalue weighted by Crippen LogP contribution is -2.45. The molecule has 0 bridgehead atoms. The number of ether oxygens (including phenoxy) is 1. The zero-order valence-electron chi connectivity index (χ0n) is 21.7. The number of hydrogen-bond donors (Lipinski definition) is 2. The molecule has 0 spiro atoms. The number of benzene rings is 2. The monoisotopic (exact) mass is 572 g/mol. The summed E-state index contributed by atoms with van der Waals surface area (Å²) in [6.45, 7) is 4.41. The van der Waals surface area contributed by atoms with Gasteiger partial charge >= 0.3 is 5.97 Å². The van der Waals surface area contributed by atoms with Crippen LogP contribution < -0.4 is 10.6 Å². The Balaban J connectivity index is 1.37. The number of anilines is 1. The van der Waals surface area contributed by atoms with Crippen LogP contribution in [0.25, 0.3) is 11.1 Å². The number of alkyl halides is 2. The normalized spacial score (nSPS) is 14.1. The lowest BCUT2D eigenvalue weighted by Gasteiger charge is -2.33. The second-order valence-electron chi connectivity index (χ2n) is 9.26. The predicted molar refractivity (Wildman–Crippen MR) is 152 cm³/mol. The van der Waals surface area contributed by atoms with Gasteiger partial charge < -0.3 is 20.3 Å². The number of likely N-dealkylation sites (tertiary alicyclic amines) is 1. The van der Waals surface area contributed by atoms with E-state index in [-0.39, 0.29) is 29.9 Å². The fraction of sp³-hybridized carbons (Fsp3) is 0.357. The highest BCUT2D eigenvalue weighted by atomic mass is 32.1. The molecule has 1 aromatic heterocycles. The number of nitrogens with zero attached hydrogens (tertiary/aromatic N) is 2. The second-order valence-corrected chi connectivity index (χ2v) is 10.5. The molecular formula is C28H30F2N4O3S2. The topological polar surface area (TPSA) is 83.6 Å². The largest absolute Gasteiger partial charge is 0.465 e. The fourth-order valence-corrected chi connectivity index (χ4v) is 5.60. The van der Waals surface area contributed by atoms with Crippen LogP contribution in [-0.2, 0) is 15.5 Å². The quantitative estimate of drug-likeness (QED) is 0.261. The number of rotatable bonds is 8. The number of amides is 1. The van der Waals surface area contributed by atoms with E-state index in [4.69, 9.17) is 17.0 Å². The predicted octanol–water partition coefficient (Wildman–Crippen LogP) is 5.79. The number of carbonyl (C=O) groups excluding carboxylic acids is 2. The number of piperidine rings is 1. The van der Waals surface area contributed by atoms with Crippen LogP contribution in [0.4, 0.5) is 14.5 Å². The van der Waals surface area contributed by atoms with Gasteiger partial charge in [-0.2, -0.15) is 0 Å². The molecule has 2 N–H and O–H groups in total. The van der Waals surface area contributed by atoms with E-state index in [1.807, 2.05) is 4.90 Å². The van der Waals surface area contributed by atoms with Gasteiger partial charge in [0.25, 0.3) is 11.8 Å². The minimum absolute atomic E-state index is 0.0389. The highest BCUT2D eigenvalue weighted by Gasteiger charge is 2.26. The van der Waals surface area contributed by atoms with E-state index in [9.17, 15) is 18.4 Å². The second kappa shape index (κ2) is 12.6. The minimum Gasteiger partial charge on any atom is -0.465 e. The van der Waals surface area contributed by atoms with Crippen molar-refractivity contribution in [1.29, 1.82) is 0 Å². The number of aromatic nitrogens is 1. The SMILES string of the molecule is CCOC(=O)CNC(=S)N1CCC(c2nc(C(=O)Nc3ccccc3-c3cccc(C(C)(F)F)c3)cs2)CC1. The third-order valence-electron chi connectivity index (χ3n) is 6.43. The molecule has 0 radical (unpaired) electrons. The van der Waals surface area contributed by atoms with Gasteiger partial charge in [0.15, 0.2) is 5.11 Å². The van der Waals surface area contributed by atoms with Gasteiger partial charge in [-0.3, -0.25) is 9.59 Å². The average molecular weight is 573 g/mol. The molecule has 1 aliphatic rings. The first-order valence-corrected chi connectivity index (χ1v) is 14.0. The molecule has 2 heterocycles. The molecule has 1 fully saturated rings. The third-order valence-corrected chi connectivity index (χ3v) is 7.84. The van der Waals surface area contributed by atoms with E-state index in [0.29, 0.717) is 47.3 Å². The van der Waals surface area contributed by atoms with Crippen molar-refractivity contribution in [3.05, 3.63) is 70.2 Å². The van der Waals surface area contributed by atoms with Crippen molar-refractivity contribution in [2.75, 3.05) is 31.6 Å². The van der Waals surface area contributed by atoms with Gasteiger partial charge in [-0.05, 0) is 49.7 Å². The van der Waals surface area contributed by atoms with Crippen LogP contribution in [0.3, 0.4) is 0 Å². The standard InChI is InChI=1S/C28H30F2N4O3S2/c1-3-37-24(35)16-31-27(38)34-13-11-18(12-14-34)26-33-23(17-39-26)25(36)32-22-10-5-4-9-21(22)19-7-6-8-20(15-19)28(2,29)30/h4-10,15,17-18H,3,11-14,16H2,1-2H3,(H,31,38)(H,32,36). The van der Waals surface area contributed by atoms with Crippen LogP contribution in [0, 0.1) is 0 Å². The Bertz CT molecular complexity index is 1330. The van der Waals surface area contributed by atoms with Crippen molar-refractivity contribution in [1.82, 2.24) is 15.2 Å². The average Bonchev–Trinajstić information content (AvgIpc) is 3.43. The van der Waals surface area contributed by atoms with E-state index in [2.05, 4.69) is 15.6 Å². The molecule has 0 saturated carbocycles. The van der Waals surface area contributed by atoms with Crippen molar-refractivity contribution in [3.8, 4) is 11.1 Å². The van der Waals surface area contributed by atoms with Gasteiger partial charge in [0.2, 0.25) is 0 Å². The van der Waals surface area contributed by atoms with Gasteiger partial charge in [-0.15, -0.1) is 11.3 Å². The number of thiocarbonyl (C=S) groups is 1. The Morgan fingerprint density at radius 1 is 1.18 bits per heavy atom. The van der Waals surface area contributed by atoms with E-state index in [0.717, 1.165) is 24.8 Å². The summed E-state index contributed by atoms with van der Waals surface area (Å²) in [5, 5.41) is 8.99. The maximum absolute atomic E-state index is 13.9. The maximum atomic E-state index is 13.9.